The Labute approximate surface area is 240 Å². The number of benzene rings is 2. The molecule has 12 heteroatoms. The molecule has 0 aromatic heterocycles. The number of Topliss-reactive ketones (excluding diaryl/α,β-unsaturated/α-hetero) is 1. The second-order valence-corrected chi connectivity index (χ2v) is 10.3. The molecule has 42 heavy (non-hydrogen) atoms. The van der Waals surface area contributed by atoms with Gasteiger partial charge >= 0.3 is 23.9 Å². The lowest BCUT2D eigenvalue weighted by molar-refractivity contribution is -0.177. The first kappa shape index (κ1) is 30.1. The highest BCUT2D eigenvalue weighted by molar-refractivity contribution is 6.11. The summed E-state index contributed by atoms with van der Waals surface area (Å²) in [5.74, 6) is -6.81. The van der Waals surface area contributed by atoms with Crippen molar-refractivity contribution >= 4 is 35.2 Å². The number of ether oxygens (including phenoxy) is 3. The summed E-state index contributed by atoms with van der Waals surface area (Å²) in [6, 6.07) is 10.0. The van der Waals surface area contributed by atoms with E-state index in [-0.39, 0.29) is 40.9 Å². The van der Waals surface area contributed by atoms with Crippen LogP contribution in [0, 0.1) is 0 Å². The van der Waals surface area contributed by atoms with Crippen molar-refractivity contribution in [1.29, 1.82) is 0 Å². The van der Waals surface area contributed by atoms with Crippen LogP contribution in [0.2, 0.25) is 0 Å². The number of esters is 3. The molecule has 4 rings (SSSR count). The molecule has 0 amide bonds. The summed E-state index contributed by atoms with van der Waals surface area (Å²) in [6.07, 6.45) is -2.82. The molecule has 0 fully saturated rings. The van der Waals surface area contributed by atoms with Crippen molar-refractivity contribution in [3.63, 3.8) is 0 Å². The van der Waals surface area contributed by atoms with E-state index in [4.69, 9.17) is 14.2 Å². The quantitative estimate of drug-likeness (QED) is 0.287. The monoisotopic (exact) mass is 582 g/mol. The molecule has 2 heterocycles. The maximum absolute atomic E-state index is 13.8. The van der Waals surface area contributed by atoms with Gasteiger partial charge < -0.3 is 34.6 Å². The minimum atomic E-state index is -2.29. The Balaban J connectivity index is 1.67. The molecule has 0 spiro atoms. The zero-order valence-corrected chi connectivity index (χ0v) is 22.7. The third-order valence-electron chi connectivity index (χ3n) is 7.13. The van der Waals surface area contributed by atoms with Crippen LogP contribution in [0.15, 0.2) is 48.2 Å². The van der Waals surface area contributed by atoms with Crippen molar-refractivity contribution in [2.45, 2.75) is 69.7 Å². The maximum atomic E-state index is 13.8. The standard InChI is InChI=1S/C30H30O12/c1-16-6-5-9-21(14-19(31)12-18-13-20(32)15-22(33)24(18)27(37)40-16)41-29(39)30(11-10-23(34)35)25(26(36)28(38)42-30)17-7-3-2-4-8-17/h2-4,7-8,13,15-16,21,32-33,36H,5-6,9-12,14H2,1H3,(H,34,35)/t16-,21+,30+/m0/s1. The lowest BCUT2D eigenvalue weighted by atomic mass is 9.84. The number of carboxylic acids is 1. The number of ketones is 1. The normalized spacial score (nSPS) is 23.2. The smallest absolute Gasteiger partial charge is 0.375 e. The van der Waals surface area contributed by atoms with Crippen molar-refractivity contribution in [2.24, 2.45) is 0 Å². The van der Waals surface area contributed by atoms with Gasteiger partial charge in [-0.05, 0) is 43.4 Å². The van der Waals surface area contributed by atoms with E-state index in [2.05, 4.69) is 0 Å². The van der Waals surface area contributed by atoms with Crippen LogP contribution in [-0.2, 0) is 39.8 Å². The molecule has 0 unspecified atom stereocenters. The predicted octanol–water partition coefficient (Wildman–Crippen LogP) is 3.37. The van der Waals surface area contributed by atoms with Crippen LogP contribution in [0.1, 0.15) is 66.9 Å². The molecule has 2 aromatic carbocycles. The van der Waals surface area contributed by atoms with E-state index in [1.165, 1.54) is 12.1 Å². The second-order valence-electron chi connectivity index (χ2n) is 10.3. The molecule has 2 aliphatic heterocycles. The van der Waals surface area contributed by atoms with E-state index in [9.17, 15) is 44.4 Å². The fraction of sp³-hybridized carbons (Fsp3) is 0.367. The zero-order chi connectivity index (χ0) is 30.6. The molecule has 0 saturated heterocycles. The predicted molar refractivity (Wildman–Crippen MR) is 143 cm³/mol. The van der Waals surface area contributed by atoms with Gasteiger partial charge in [0.2, 0.25) is 11.4 Å². The number of rotatable bonds is 6. The molecule has 0 aliphatic carbocycles. The first-order chi connectivity index (χ1) is 19.9. The summed E-state index contributed by atoms with van der Waals surface area (Å²) in [5.41, 5.74) is -2.53. The molecule has 2 aromatic rings. The first-order valence-corrected chi connectivity index (χ1v) is 13.3. The van der Waals surface area contributed by atoms with Gasteiger partial charge in [-0.3, -0.25) is 9.59 Å². The van der Waals surface area contributed by atoms with Crippen molar-refractivity contribution in [3.8, 4) is 11.5 Å². The Kier molecular flexibility index (Phi) is 8.84. The van der Waals surface area contributed by atoms with E-state index >= 15 is 0 Å². The van der Waals surface area contributed by atoms with Crippen LogP contribution in [0.4, 0.5) is 0 Å². The summed E-state index contributed by atoms with van der Waals surface area (Å²) in [6.45, 7) is 1.63. The molecule has 0 bridgehead atoms. The van der Waals surface area contributed by atoms with Gasteiger partial charge in [-0.25, -0.2) is 14.4 Å². The molecular formula is C30H30O12. The Morgan fingerprint density at radius 1 is 1.02 bits per heavy atom. The van der Waals surface area contributed by atoms with Crippen LogP contribution in [0.25, 0.3) is 5.57 Å². The Morgan fingerprint density at radius 2 is 1.74 bits per heavy atom. The van der Waals surface area contributed by atoms with Crippen LogP contribution >= 0.6 is 0 Å². The lowest BCUT2D eigenvalue weighted by Crippen LogP contribution is -2.44. The van der Waals surface area contributed by atoms with Gasteiger partial charge in [0.25, 0.3) is 0 Å². The zero-order valence-electron chi connectivity index (χ0n) is 22.7. The minimum absolute atomic E-state index is 0.0159. The van der Waals surface area contributed by atoms with Crippen LogP contribution in [-0.4, -0.2) is 67.9 Å². The largest absolute Gasteiger partial charge is 0.508 e. The van der Waals surface area contributed by atoms with Crippen molar-refractivity contribution < 1.29 is 58.6 Å². The number of hydrogen-bond acceptors (Lipinski definition) is 11. The average molecular weight is 583 g/mol. The van der Waals surface area contributed by atoms with E-state index in [0.29, 0.717) is 12.8 Å². The van der Waals surface area contributed by atoms with Gasteiger partial charge in [-0.2, -0.15) is 0 Å². The highest BCUT2D eigenvalue weighted by Crippen LogP contribution is 2.43. The molecule has 3 atom stereocenters. The number of hydrogen-bond donors (Lipinski definition) is 4. The van der Waals surface area contributed by atoms with E-state index in [1.807, 2.05) is 0 Å². The van der Waals surface area contributed by atoms with Gasteiger partial charge in [0.05, 0.1) is 18.1 Å². The third kappa shape index (κ3) is 6.37. The van der Waals surface area contributed by atoms with Gasteiger partial charge in [0.1, 0.15) is 28.9 Å². The van der Waals surface area contributed by atoms with Crippen molar-refractivity contribution in [1.82, 2.24) is 0 Å². The molecule has 4 N–H and O–H groups in total. The molecule has 222 valence electrons. The van der Waals surface area contributed by atoms with Gasteiger partial charge in [-0.1, -0.05) is 30.3 Å². The summed E-state index contributed by atoms with van der Waals surface area (Å²) in [5, 5.41) is 40.2. The number of carbonyl (C=O) groups excluding carboxylic acids is 4. The molecule has 12 nitrogen and oxygen atoms in total. The fourth-order valence-electron chi connectivity index (χ4n) is 5.20. The summed E-state index contributed by atoms with van der Waals surface area (Å²) in [4.78, 5) is 63.7. The van der Waals surface area contributed by atoms with Crippen LogP contribution in [0.5, 0.6) is 11.5 Å². The summed E-state index contributed by atoms with van der Waals surface area (Å²) >= 11 is 0. The second kappa shape index (κ2) is 12.3. The van der Waals surface area contributed by atoms with Gasteiger partial charge in [-0.15, -0.1) is 0 Å². The highest BCUT2D eigenvalue weighted by atomic mass is 16.6. The number of cyclic esters (lactones) is 2. The highest BCUT2D eigenvalue weighted by Gasteiger charge is 2.56. The molecular weight excluding hydrogens is 552 g/mol. The Morgan fingerprint density at radius 3 is 2.43 bits per heavy atom. The topological polar surface area (TPSA) is 194 Å². The van der Waals surface area contributed by atoms with Crippen molar-refractivity contribution in [2.75, 3.05) is 0 Å². The number of carboxylic acid groups (broad SMARTS) is 1. The number of fused-ring (bicyclic) bond motifs is 1. The number of aliphatic hydroxyl groups excluding tert-OH is 1. The van der Waals surface area contributed by atoms with Gasteiger partial charge in [0, 0.05) is 25.3 Å². The van der Waals surface area contributed by atoms with Crippen molar-refractivity contribution in [3.05, 3.63) is 64.9 Å². The number of carbonyl (C=O) groups is 5. The van der Waals surface area contributed by atoms with E-state index in [0.717, 1.165) is 12.1 Å². The number of aliphatic carboxylic acids is 1. The summed E-state index contributed by atoms with van der Waals surface area (Å²) in [7, 11) is 0. The first-order valence-electron chi connectivity index (χ1n) is 13.3. The minimum Gasteiger partial charge on any atom is -0.508 e. The van der Waals surface area contributed by atoms with Crippen LogP contribution in [0.3, 0.4) is 0 Å². The third-order valence-corrected chi connectivity index (χ3v) is 7.13. The Bertz CT molecular complexity index is 1440. The lowest BCUT2D eigenvalue weighted by Gasteiger charge is -2.30. The number of phenols is 2. The van der Waals surface area contributed by atoms with E-state index < -0.39 is 78.2 Å². The molecule has 0 saturated carbocycles. The SMILES string of the molecule is C[C@H]1CCC[C@@H](OC(=O)[C@]2(CCC(=O)O)OC(=O)C(O)=C2c2ccccc2)CC(=O)Cc2cc(O)cc(O)c2C(=O)O1. The summed E-state index contributed by atoms with van der Waals surface area (Å²) < 4.78 is 16.5. The number of aliphatic hydroxyl groups is 1. The molecule has 2 aliphatic rings. The van der Waals surface area contributed by atoms with Crippen LogP contribution < -0.4 is 0 Å². The average Bonchev–Trinajstić information content (AvgIpc) is 3.17. The Hall–Kier alpha value is -4.87. The van der Waals surface area contributed by atoms with Gasteiger partial charge in [0.15, 0.2) is 0 Å². The number of aromatic hydroxyl groups is 2. The molecule has 0 radical (unpaired) electrons. The number of phenolic OH excluding ortho intramolecular Hbond substituents is 2. The fourth-order valence-corrected chi connectivity index (χ4v) is 5.20. The maximum Gasteiger partial charge on any atom is 0.375 e. The van der Waals surface area contributed by atoms with E-state index in [1.54, 1.807) is 25.1 Å².